The highest BCUT2D eigenvalue weighted by molar-refractivity contribution is 6.14. The highest BCUT2D eigenvalue weighted by atomic mass is 16.1. The van der Waals surface area contributed by atoms with Gasteiger partial charge in [-0.15, -0.1) is 0 Å². The molecule has 4 rings (SSSR count). The Hall–Kier alpha value is -3.01. The molecular formula is C17H12N2O2. The van der Waals surface area contributed by atoms with E-state index in [1.54, 1.807) is 6.34 Å². The highest BCUT2D eigenvalue weighted by Crippen LogP contribution is 2.33. The summed E-state index contributed by atoms with van der Waals surface area (Å²) in [7, 11) is 0. The lowest BCUT2D eigenvalue weighted by Crippen LogP contribution is -1.99. The van der Waals surface area contributed by atoms with Crippen LogP contribution in [0, 0.1) is 0 Å². The summed E-state index contributed by atoms with van der Waals surface area (Å²) in [6.45, 7) is 0. The SMILES string of the molecule is C1=Nc2cccc3cccc(c23)N1.O=C1C=CC(=O)C=C1. The Morgan fingerprint density at radius 3 is 2.10 bits per heavy atom. The summed E-state index contributed by atoms with van der Waals surface area (Å²) in [6.07, 6.45) is 6.74. The second kappa shape index (κ2) is 5.54. The molecule has 21 heavy (non-hydrogen) atoms. The molecule has 0 aromatic heterocycles. The molecule has 2 aromatic carbocycles. The van der Waals surface area contributed by atoms with E-state index in [1.165, 1.54) is 35.1 Å². The Labute approximate surface area is 121 Å². The topological polar surface area (TPSA) is 58.5 Å². The summed E-state index contributed by atoms with van der Waals surface area (Å²) in [6, 6.07) is 12.4. The first-order chi connectivity index (χ1) is 10.2. The molecule has 1 N–H and O–H groups in total. The number of anilines is 1. The molecule has 102 valence electrons. The average molecular weight is 276 g/mol. The lowest BCUT2D eigenvalue weighted by molar-refractivity contribution is -0.113. The quantitative estimate of drug-likeness (QED) is 0.752. The van der Waals surface area contributed by atoms with Gasteiger partial charge in [0.1, 0.15) is 0 Å². The van der Waals surface area contributed by atoms with Crippen LogP contribution in [-0.2, 0) is 9.59 Å². The van der Waals surface area contributed by atoms with Crippen molar-refractivity contribution >= 4 is 40.1 Å². The molecule has 0 saturated heterocycles. The molecular weight excluding hydrogens is 264 g/mol. The van der Waals surface area contributed by atoms with Crippen molar-refractivity contribution in [2.75, 3.05) is 5.32 Å². The minimum Gasteiger partial charge on any atom is -0.346 e. The van der Waals surface area contributed by atoms with Gasteiger partial charge in [-0.25, -0.2) is 4.99 Å². The van der Waals surface area contributed by atoms with Gasteiger partial charge in [0, 0.05) is 11.1 Å². The van der Waals surface area contributed by atoms with E-state index in [4.69, 9.17) is 0 Å². The first kappa shape index (κ1) is 13.0. The summed E-state index contributed by atoms with van der Waals surface area (Å²) < 4.78 is 0. The number of nitrogens with zero attached hydrogens (tertiary/aromatic N) is 1. The van der Waals surface area contributed by atoms with Crippen molar-refractivity contribution in [3.8, 4) is 0 Å². The van der Waals surface area contributed by atoms with Crippen LogP contribution >= 0.6 is 0 Å². The predicted octanol–water partition coefficient (Wildman–Crippen LogP) is 3.18. The minimum absolute atomic E-state index is 0.121. The van der Waals surface area contributed by atoms with E-state index in [0.717, 1.165) is 11.4 Å². The maximum Gasteiger partial charge on any atom is 0.178 e. The van der Waals surface area contributed by atoms with Gasteiger partial charge in [0.05, 0.1) is 12.0 Å². The largest absolute Gasteiger partial charge is 0.346 e. The Bertz CT molecular complexity index is 773. The van der Waals surface area contributed by atoms with Crippen molar-refractivity contribution in [3.63, 3.8) is 0 Å². The van der Waals surface area contributed by atoms with Crippen LogP contribution < -0.4 is 5.32 Å². The highest BCUT2D eigenvalue weighted by Gasteiger charge is 2.06. The lowest BCUT2D eigenvalue weighted by atomic mass is 10.1. The first-order valence-corrected chi connectivity index (χ1v) is 6.49. The number of nitrogens with one attached hydrogen (secondary N) is 1. The first-order valence-electron chi connectivity index (χ1n) is 6.49. The Morgan fingerprint density at radius 1 is 0.810 bits per heavy atom. The maximum absolute atomic E-state index is 10.3. The molecule has 0 saturated carbocycles. The summed E-state index contributed by atoms with van der Waals surface area (Å²) in [5.41, 5.74) is 2.19. The van der Waals surface area contributed by atoms with Crippen LogP contribution in [0.25, 0.3) is 10.8 Å². The number of hydrogen-bond donors (Lipinski definition) is 1. The number of hydrogen-bond acceptors (Lipinski definition) is 4. The van der Waals surface area contributed by atoms with E-state index in [9.17, 15) is 9.59 Å². The fourth-order valence-corrected chi connectivity index (χ4v) is 2.16. The second-order valence-electron chi connectivity index (χ2n) is 4.55. The molecule has 0 spiro atoms. The molecule has 0 fully saturated rings. The third kappa shape index (κ3) is 2.79. The van der Waals surface area contributed by atoms with Gasteiger partial charge in [-0.05, 0) is 41.8 Å². The molecule has 4 heteroatoms. The molecule has 2 aliphatic rings. The second-order valence-corrected chi connectivity index (χ2v) is 4.55. The van der Waals surface area contributed by atoms with Crippen molar-refractivity contribution < 1.29 is 9.59 Å². The summed E-state index contributed by atoms with van der Waals surface area (Å²) >= 11 is 0. The molecule has 0 amide bonds. The lowest BCUT2D eigenvalue weighted by Gasteiger charge is -2.12. The van der Waals surface area contributed by atoms with Crippen LogP contribution in [-0.4, -0.2) is 17.9 Å². The summed E-state index contributed by atoms with van der Waals surface area (Å²) in [5.74, 6) is -0.241. The zero-order valence-electron chi connectivity index (χ0n) is 11.1. The van der Waals surface area contributed by atoms with Gasteiger partial charge in [-0.2, -0.15) is 0 Å². The van der Waals surface area contributed by atoms with Gasteiger partial charge in [0.2, 0.25) is 0 Å². The van der Waals surface area contributed by atoms with Crippen LogP contribution in [0.1, 0.15) is 0 Å². The van der Waals surface area contributed by atoms with Crippen LogP contribution in [0.2, 0.25) is 0 Å². The van der Waals surface area contributed by atoms with E-state index in [-0.39, 0.29) is 11.6 Å². The van der Waals surface area contributed by atoms with E-state index >= 15 is 0 Å². The van der Waals surface area contributed by atoms with Gasteiger partial charge in [0.25, 0.3) is 0 Å². The van der Waals surface area contributed by atoms with Gasteiger partial charge >= 0.3 is 0 Å². The minimum atomic E-state index is -0.121. The van der Waals surface area contributed by atoms with E-state index in [2.05, 4.69) is 28.5 Å². The molecule has 2 aromatic rings. The molecule has 1 aliphatic carbocycles. The molecule has 0 radical (unpaired) electrons. The molecule has 0 atom stereocenters. The van der Waals surface area contributed by atoms with Crippen LogP contribution in [0.3, 0.4) is 0 Å². The molecule has 0 bridgehead atoms. The smallest absolute Gasteiger partial charge is 0.178 e. The number of carbonyl (C=O) groups excluding carboxylic acids is 2. The number of allylic oxidation sites excluding steroid dienone is 4. The van der Waals surface area contributed by atoms with Crippen LogP contribution in [0.5, 0.6) is 0 Å². The maximum atomic E-state index is 10.3. The standard InChI is InChI=1S/C11H8N2.C6H4O2/c1-3-8-4-2-6-10-11(8)9(5-1)12-7-13-10;7-5-1-2-6(8)4-3-5/h1-7H,(H,12,13);1-4H. The fourth-order valence-electron chi connectivity index (χ4n) is 2.16. The zero-order valence-corrected chi connectivity index (χ0v) is 11.1. The normalized spacial score (nSPS) is 14.7. The van der Waals surface area contributed by atoms with Gasteiger partial charge < -0.3 is 5.32 Å². The summed E-state index contributed by atoms with van der Waals surface area (Å²) in [5, 5.41) is 5.59. The van der Waals surface area contributed by atoms with Crippen molar-refractivity contribution in [2.45, 2.75) is 0 Å². The van der Waals surface area contributed by atoms with Gasteiger partial charge in [-0.1, -0.05) is 24.3 Å². The monoisotopic (exact) mass is 276 g/mol. The van der Waals surface area contributed by atoms with Gasteiger partial charge in [0.15, 0.2) is 11.6 Å². The Balaban J connectivity index is 0.000000143. The fraction of sp³-hybridized carbons (Fsp3) is 0. The molecule has 1 heterocycles. The number of carbonyl (C=O) groups is 2. The van der Waals surface area contributed by atoms with E-state index in [1.807, 2.05) is 18.2 Å². The van der Waals surface area contributed by atoms with E-state index in [0.29, 0.717) is 0 Å². The predicted molar refractivity (Wildman–Crippen MR) is 84.0 cm³/mol. The molecule has 1 aliphatic heterocycles. The third-order valence-corrected chi connectivity index (χ3v) is 3.13. The summed E-state index contributed by atoms with van der Waals surface area (Å²) in [4.78, 5) is 24.8. The molecule has 0 unspecified atom stereocenters. The van der Waals surface area contributed by atoms with E-state index < -0.39 is 0 Å². The third-order valence-electron chi connectivity index (χ3n) is 3.13. The van der Waals surface area contributed by atoms with Crippen molar-refractivity contribution in [3.05, 3.63) is 60.7 Å². The van der Waals surface area contributed by atoms with Crippen molar-refractivity contribution in [1.82, 2.24) is 0 Å². The Morgan fingerprint density at radius 2 is 1.43 bits per heavy atom. The molecule has 4 nitrogen and oxygen atoms in total. The Kier molecular flexibility index (Phi) is 3.43. The number of ketones is 2. The number of aliphatic imine (C=N–C) groups is 1. The number of benzene rings is 2. The van der Waals surface area contributed by atoms with Gasteiger partial charge in [-0.3, -0.25) is 9.59 Å². The van der Waals surface area contributed by atoms with Crippen molar-refractivity contribution in [1.29, 1.82) is 0 Å². The number of rotatable bonds is 0. The van der Waals surface area contributed by atoms with Crippen molar-refractivity contribution in [2.24, 2.45) is 4.99 Å². The van der Waals surface area contributed by atoms with Crippen LogP contribution in [0.4, 0.5) is 11.4 Å². The van der Waals surface area contributed by atoms with Crippen LogP contribution in [0.15, 0.2) is 65.7 Å². The average Bonchev–Trinajstić information content (AvgIpc) is 2.52. The zero-order chi connectivity index (χ0) is 14.7.